The third-order valence-corrected chi connectivity index (χ3v) is 15.5. The van der Waals surface area contributed by atoms with Crippen LogP contribution in [0, 0.1) is 0 Å². The van der Waals surface area contributed by atoms with Gasteiger partial charge in [0.05, 0.1) is 38.9 Å². The molecular weight excluding hydrogens is 1110 g/mol. The highest BCUT2D eigenvalue weighted by Gasteiger charge is 2.39. The van der Waals surface area contributed by atoms with Crippen LogP contribution in [0.1, 0.15) is 96.4 Å². The van der Waals surface area contributed by atoms with Gasteiger partial charge in [0.1, 0.15) is 61.4 Å². The molecule has 0 radical (unpaired) electrons. The molecule has 0 fully saturated rings. The number of nitrogens with zero attached hydrogens (tertiary/aromatic N) is 5. The fourth-order valence-corrected chi connectivity index (χ4v) is 11.9. The molecule has 1 aliphatic rings. The van der Waals surface area contributed by atoms with Crippen LogP contribution in [0.4, 0.5) is 20.1 Å². The van der Waals surface area contributed by atoms with Gasteiger partial charge in [0.25, 0.3) is 0 Å². The van der Waals surface area contributed by atoms with Crippen molar-refractivity contribution in [1.82, 2.24) is 40.4 Å². The van der Waals surface area contributed by atoms with Gasteiger partial charge in [-0.05, 0) is 133 Å². The number of imidazole rings is 1. The number of amidine groups is 1. The second kappa shape index (κ2) is 25.9. The Morgan fingerprint density at radius 3 is 1.84 bits per heavy atom. The largest absolute Gasteiger partial charge is 0.497 e. The number of aliphatic imine (C=N–C) groups is 1. The summed E-state index contributed by atoms with van der Waals surface area (Å²) in [4.78, 5) is 51.0. The smallest absolute Gasteiger partial charge is 0.408 e. The summed E-state index contributed by atoms with van der Waals surface area (Å²) in [7, 11) is -5.63. The van der Waals surface area contributed by atoms with E-state index < -0.39 is 77.5 Å². The van der Waals surface area contributed by atoms with E-state index in [0.29, 0.717) is 33.7 Å². The Balaban J connectivity index is 1.53. The van der Waals surface area contributed by atoms with Crippen molar-refractivity contribution in [3.63, 3.8) is 0 Å². The van der Waals surface area contributed by atoms with Crippen LogP contribution < -0.4 is 40.3 Å². The predicted molar refractivity (Wildman–Crippen MR) is 311 cm³/mol. The van der Waals surface area contributed by atoms with Crippen LogP contribution in [0.5, 0.6) is 17.2 Å². The summed E-state index contributed by atoms with van der Waals surface area (Å²) >= 11 is 0. The van der Waals surface area contributed by atoms with Crippen LogP contribution in [0.15, 0.2) is 122 Å². The monoisotopic (exact) mass is 1180 g/mol. The van der Waals surface area contributed by atoms with Crippen molar-refractivity contribution < 1.29 is 59.6 Å². The lowest BCUT2D eigenvalue weighted by Gasteiger charge is -2.27. The number of para-hydroxylation sites is 1. The number of methoxy groups -OCH3 is 3. The highest BCUT2D eigenvalue weighted by atomic mass is 32.2. The third kappa shape index (κ3) is 16.7. The van der Waals surface area contributed by atoms with Crippen LogP contribution in [0.3, 0.4) is 0 Å². The lowest BCUT2D eigenvalue weighted by molar-refractivity contribution is 0.0461. The minimum atomic E-state index is -5.16. The second-order valence-electron chi connectivity index (χ2n) is 22.0. The molecule has 0 aliphatic carbocycles. The molecule has 1 atom stereocenters. The van der Waals surface area contributed by atoms with E-state index in [0.717, 1.165) is 10.4 Å². The topological polar surface area (TPSA) is 304 Å². The summed E-state index contributed by atoms with van der Waals surface area (Å²) < 4.78 is 100. The molecule has 0 spiro atoms. The Hall–Kier alpha value is -8.33. The molecule has 3 amide bonds. The molecule has 0 saturated heterocycles. The summed E-state index contributed by atoms with van der Waals surface area (Å²) in [5.41, 5.74) is 2.73. The first kappa shape index (κ1) is 62.3. The summed E-state index contributed by atoms with van der Waals surface area (Å²) in [6.07, 6.45) is -2.41. The van der Waals surface area contributed by atoms with E-state index in [-0.39, 0.29) is 78.0 Å². The SMILES string of the molecule is COc1ccc(CN(Cc2ccc(OC)cc2)S(=O)(=O)c2c(S(=O)(=O)NCCNC(=O)OC(C)(C)C)ccc(-c3cccc4[nH]c([C@@H](CNC(=O)OC(C)(C)C)NC(=O)OC(C)(C)C)nc34)c2C2=Nc3cc(ccc3OC)CN=NN2)cc1. The highest BCUT2D eigenvalue weighted by Crippen LogP contribution is 2.41. The van der Waals surface area contributed by atoms with Gasteiger partial charge >= 0.3 is 18.3 Å². The fraction of sp³-hybridized carbons (Fsp3) is 0.386. The van der Waals surface area contributed by atoms with Gasteiger partial charge in [-0.3, -0.25) is 0 Å². The molecule has 0 saturated carbocycles. The first-order valence-electron chi connectivity index (χ1n) is 26.3. The van der Waals surface area contributed by atoms with E-state index >= 15 is 16.8 Å². The molecule has 83 heavy (non-hydrogen) atoms. The van der Waals surface area contributed by atoms with Crippen LogP contribution in [-0.4, -0.2) is 113 Å². The fourth-order valence-electron chi connectivity index (χ4n) is 8.43. The first-order valence-corrected chi connectivity index (χ1v) is 29.2. The number of carbonyl (C=O) groups excluding carboxylic acids is 3. The van der Waals surface area contributed by atoms with Crippen molar-refractivity contribution in [3.8, 4) is 28.4 Å². The van der Waals surface area contributed by atoms with Gasteiger partial charge in [-0.15, -0.1) is 0 Å². The Morgan fingerprint density at radius 2 is 1.27 bits per heavy atom. The molecule has 444 valence electrons. The van der Waals surface area contributed by atoms with Gasteiger partial charge in [-0.25, -0.2) is 51.3 Å². The average molecular weight is 1180 g/mol. The molecule has 1 aliphatic heterocycles. The Bertz CT molecular complexity index is 3560. The molecule has 6 N–H and O–H groups in total. The van der Waals surface area contributed by atoms with Gasteiger partial charge in [-0.1, -0.05) is 53.8 Å². The number of nitrogens with one attached hydrogen (secondary N) is 6. The number of carbonyl (C=O) groups is 3. The van der Waals surface area contributed by atoms with Gasteiger partial charge < -0.3 is 49.4 Å². The molecule has 0 unspecified atom stereocenters. The molecule has 24 nitrogen and oxygen atoms in total. The van der Waals surface area contributed by atoms with Crippen LogP contribution in [0.25, 0.3) is 22.2 Å². The van der Waals surface area contributed by atoms with E-state index in [1.807, 2.05) is 0 Å². The van der Waals surface area contributed by atoms with Gasteiger partial charge in [0.15, 0.2) is 5.84 Å². The third-order valence-electron chi connectivity index (χ3n) is 12.0. The zero-order valence-corrected chi connectivity index (χ0v) is 50.1. The van der Waals surface area contributed by atoms with Crippen molar-refractivity contribution in [2.75, 3.05) is 41.0 Å². The van der Waals surface area contributed by atoms with Crippen LogP contribution >= 0.6 is 0 Å². The first-order chi connectivity index (χ1) is 39.1. The molecular formula is C57H71N11O13S2. The van der Waals surface area contributed by atoms with E-state index in [9.17, 15) is 14.4 Å². The number of fused-ring (bicyclic) bond motifs is 3. The average Bonchev–Trinajstić information content (AvgIpc) is 2.53. The minimum absolute atomic E-state index is 0.0641. The quantitative estimate of drug-likeness (QED) is 0.0307. The summed E-state index contributed by atoms with van der Waals surface area (Å²) in [6, 6.07) is 25.1. The zero-order valence-electron chi connectivity index (χ0n) is 48.4. The Morgan fingerprint density at radius 1 is 0.675 bits per heavy atom. The van der Waals surface area contributed by atoms with E-state index in [1.54, 1.807) is 147 Å². The normalized spacial score (nSPS) is 13.3. The van der Waals surface area contributed by atoms with Gasteiger partial charge in [0.2, 0.25) is 20.0 Å². The molecule has 2 bridgehead atoms. The lowest BCUT2D eigenvalue weighted by Crippen LogP contribution is -2.42. The number of hydrogen-bond donors (Lipinski definition) is 6. The number of benzene rings is 5. The minimum Gasteiger partial charge on any atom is -0.497 e. The second-order valence-corrected chi connectivity index (χ2v) is 25.6. The number of H-pyrrole nitrogens is 1. The number of ether oxygens (including phenoxy) is 6. The van der Waals surface area contributed by atoms with Crippen LogP contribution in [0.2, 0.25) is 0 Å². The maximum atomic E-state index is 16.6. The molecule has 26 heteroatoms. The number of hydrogen-bond acceptors (Lipinski definition) is 18. The molecule has 1 aromatic heterocycles. The van der Waals surface area contributed by atoms with Crippen molar-refractivity contribution in [2.24, 2.45) is 15.3 Å². The highest BCUT2D eigenvalue weighted by molar-refractivity contribution is 7.92. The number of amides is 3. The van der Waals surface area contributed by atoms with E-state index in [4.69, 9.17) is 38.4 Å². The molecule has 6 aromatic rings. The summed E-state index contributed by atoms with van der Waals surface area (Å²) in [5, 5.41) is 16.6. The number of rotatable bonds is 20. The molecule has 2 heterocycles. The van der Waals surface area contributed by atoms with Crippen molar-refractivity contribution in [1.29, 1.82) is 0 Å². The molecule has 5 aromatic carbocycles. The van der Waals surface area contributed by atoms with Crippen LogP contribution in [-0.2, 0) is 53.9 Å². The number of sulfonamides is 2. The summed E-state index contributed by atoms with van der Waals surface area (Å²) in [5.74, 6) is 1.14. The Labute approximate surface area is 483 Å². The number of alkyl carbamates (subject to hydrolysis) is 3. The van der Waals surface area contributed by atoms with Gasteiger partial charge in [0, 0.05) is 43.9 Å². The van der Waals surface area contributed by atoms with E-state index in [2.05, 4.69) is 41.4 Å². The number of aromatic amines is 1. The van der Waals surface area contributed by atoms with Gasteiger partial charge in [-0.2, -0.15) is 9.42 Å². The van der Waals surface area contributed by atoms with Crippen molar-refractivity contribution in [3.05, 3.63) is 125 Å². The standard InChI is InChI=1S/C57H71N11O13S2/c1-55(2,3)79-52(69)58-28-29-61-82(72,73)46-27-25-40(41-14-13-15-42-48(41)65-50(62-42)44(64-54(71)81-57(7,8)9)32-59-53(70)80-56(4,5)6)47(51-63-43-30-37(31-60-67-66-51)20-26-45(43)78-12)49(46)83(74,75)68(33-35-16-21-38(76-10)22-17-35)34-36-18-23-39(77-11)24-19-36/h13-27,30,44,61H,28-29,31-34H2,1-12H3,(H,58,69)(H,59,70)(H,62,65)(H,64,71)(H,60,63,66)/t44-/m1/s1. The van der Waals surface area contributed by atoms with E-state index in [1.165, 1.54) is 27.4 Å². The lowest BCUT2D eigenvalue weighted by atomic mass is 9.97. The molecule has 7 rings (SSSR count). The maximum absolute atomic E-state index is 16.6. The number of aromatic nitrogens is 2. The maximum Gasteiger partial charge on any atom is 0.408 e. The Kier molecular flexibility index (Phi) is 19.4. The van der Waals surface area contributed by atoms with Crippen molar-refractivity contribution >= 4 is 60.9 Å². The zero-order chi connectivity index (χ0) is 60.5. The van der Waals surface area contributed by atoms with Crippen molar-refractivity contribution in [2.45, 2.75) is 115 Å². The summed E-state index contributed by atoms with van der Waals surface area (Å²) in [6.45, 7) is 13.8. The predicted octanol–water partition coefficient (Wildman–Crippen LogP) is 9.09.